The summed E-state index contributed by atoms with van der Waals surface area (Å²) in [4.78, 5) is 14.4. The van der Waals surface area contributed by atoms with Crippen molar-refractivity contribution in [1.29, 1.82) is 0 Å². The van der Waals surface area contributed by atoms with Crippen molar-refractivity contribution in [3.63, 3.8) is 0 Å². The zero-order chi connectivity index (χ0) is 25.2. The molecule has 5 rings (SSSR count). The van der Waals surface area contributed by atoms with Crippen molar-refractivity contribution in [2.75, 3.05) is 26.6 Å². The fourth-order valence-electron chi connectivity index (χ4n) is 4.93. The molecule has 0 aliphatic heterocycles. The van der Waals surface area contributed by atoms with Crippen LogP contribution in [0.2, 0.25) is 0 Å². The second kappa shape index (κ2) is 10.0. The number of fused-ring (bicyclic) bond motifs is 1. The largest absolute Gasteiger partial charge is 0.493 e. The highest BCUT2D eigenvalue weighted by atomic mass is 16.5. The van der Waals surface area contributed by atoms with Crippen LogP contribution in [0.3, 0.4) is 0 Å². The van der Waals surface area contributed by atoms with Crippen molar-refractivity contribution in [3.8, 4) is 22.9 Å². The van der Waals surface area contributed by atoms with Gasteiger partial charge >= 0.3 is 0 Å². The van der Waals surface area contributed by atoms with E-state index in [9.17, 15) is 0 Å². The summed E-state index contributed by atoms with van der Waals surface area (Å²) < 4.78 is 20.3. The van der Waals surface area contributed by atoms with Gasteiger partial charge < -0.3 is 24.1 Å². The highest BCUT2D eigenvalue weighted by Crippen LogP contribution is 2.40. The lowest BCUT2D eigenvalue weighted by atomic mass is 9.86. The molecule has 0 spiro atoms. The van der Waals surface area contributed by atoms with Crippen LogP contribution in [0, 0.1) is 0 Å². The van der Waals surface area contributed by atoms with Crippen molar-refractivity contribution < 1.29 is 14.2 Å². The van der Waals surface area contributed by atoms with Gasteiger partial charge in [0, 0.05) is 24.1 Å². The van der Waals surface area contributed by atoms with Gasteiger partial charge in [-0.3, -0.25) is 0 Å². The summed E-state index contributed by atoms with van der Waals surface area (Å²) in [7, 11) is 4.78. The molecule has 0 saturated heterocycles. The van der Waals surface area contributed by atoms with E-state index < -0.39 is 0 Å². The third-order valence-corrected chi connectivity index (χ3v) is 6.73. The molecule has 0 amide bonds. The van der Waals surface area contributed by atoms with E-state index in [0.29, 0.717) is 34.9 Å². The minimum absolute atomic E-state index is 0.198. The lowest BCUT2D eigenvalue weighted by Gasteiger charge is -2.22. The van der Waals surface area contributed by atoms with Crippen LogP contribution in [-0.4, -0.2) is 50.6 Å². The molecule has 1 N–H and O–H groups in total. The number of anilines is 2. The second-order valence-corrected chi connectivity index (χ2v) is 9.36. The molecular formula is C26H33N7O3. The molecular weight excluding hydrogens is 458 g/mol. The lowest BCUT2D eigenvalue weighted by molar-refractivity contribution is 0.324. The predicted octanol–water partition coefficient (Wildman–Crippen LogP) is 5.41. The van der Waals surface area contributed by atoms with E-state index in [1.165, 1.54) is 19.3 Å². The van der Waals surface area contributed by atoms with Crippen molar-refractivity contribution >= 4 is 22.8 Å². The number of rotatable bonds is 8. The molecule has 4 aromatic rings. The molecule has 1 aromatic carbocycles. The molecule has 1 fully saturated rings. The standard InChI is InChI=1S/C26H33N7O3/c1-16(2)33-25-19(13-28-33)23(17-9-7-6-8-10-17)30-26(31-25)29-22-14-32(15-27-22)18-11-20(34-3)24(36-5)21(12-18)35-4/h11-17H,6-10H2,1-5H3,(H,29,30,31). The number of ether oxygens (including phenoxy) is 3. The molecule has 10 heteroatoms. The van der Waals surface area contributed by atoms with Gasteiger partial charge in [-0.1, -0.05) is 19.3 Å². The lowest BCUT2D eigenvalue weighted by Crippen LogP contribution is -2.11. The molecule has 1 saturated carbocycles. The van der Waals surface area contributed by atoms with Gasteiger partial charge in [0.1, 0.15) is 6.33 Å². The van der Waals surface area contributed by atoms with Crippen molar-refractivity contribution in [3.05, 3.63) is 36.5 Å². The maximum absolute atomic E-state index is 5.50. The van der Waals surface area contributed by atoms with Gasteiger partial charge in [-0.15, -0.1) is 0 Å². The van der Waals surface area contributed by atoms with Crippen molar-refractivity contribution in [2.45, 2.75) is 57.9 Å². The van der Waals surface area contributed by atoms with Crippen molar-refractivity contribution in [2.24, 2.45) is 0 Å². The molecule has 36 heavy (non-hydrogen) atoms. The van der Waals surface area contributed by atoms with Gasteiger partial charge in [-0.2, -0.15) is 10.1 Å². The quantitative estimate of drug-likeness (QED) is 0.349. The summed E-state index contributed by atoms with van der Waals surface area (Å²) in [6.07, 6.45) is 11.6. The first kappa shape index (κ1) is 23.9. The molecule has 0 unspecified atom stereocenters. The summed E-state index contributed by atoms with van der Waals surface area (Å²) in [6.45, 7) is 4.22. The molecule has 1 aliphatic rings. The minimum Gasteiger partial charge on any atom is -0.493 e. The monoisotopic (exact) mass is 491 g/mol. The maximum atomic E-state index is 5.50. The minimum atomic E-state index is 0.198. The van der Waals surface area contributed by atoms with Crippen LogP contribution in [0.25, 0.3) is 16.7 Å². The summed E-state index contributed by atoms with van der Waals surface area (Å²) in [5, 5.41) is 8.99. The topological polar surface area (TPSA) is 101 Å². The Morgan fingerprint density at radius 2 is 1.69 bits per heavy atom. The van der Waals surface area contributed by atoms with Gasteiger partial charge in [0.25, 0.3) is 0 Å². The number of hydrogen-bond acceptors (Lipinski definition) is 8. The Balaban J connectivity index is 1.50. The van der Waals surface area contributed by atoms with E-state index in [4.69, 9.17) is 24.2 Å². The summed E-state index contributed by atoms with van der Waals surface area (Å²) >= 11 is 0. The Kier molecular flexibility index (Phi) is 6.67. The zero-order valence-corrected chi connectivity index (χ0v) is 21.5. The molecule has 3 aromatic heterocycles. The maximum Gasteiger partial charge on any atom is 0.230 e. The van der Waals surface area contributed by atoms with Gasteiger partial charge in [0.2, 0.25) is 11.7 Å². The van der Waals surface area contributed by atoms with E-state index in [1.54, 1.807) is 27.7 Å². The van der Waals surface area contributed by atoms with Crippen LogP contribution in [0.15, 0.2) is 30.9 Å². The number of aromatic nitrogens is 6. The predicted molar refractivity (Wildman–Crippen MR) is 138 cm³/mol. The number of methoxy groups -OCH3 is 3. The van der Waals surface area contributed by atoms with E-state index in [2.05, 4.69) is 29.2 Å². The Hall–Kier alpha value is -3.82. The Morgan fingerprint density at radius 1 is 0.972 bits per heavy atom. The number of hydrogen-bond donors (Lipinski definition) is 1. The fourth-order valence-corrected chi connectivity index (χ4v) is 4.93. The number of nitrogens with one attached hydrogen (secondary N) is 1. The average Bonchev–Trinajstić information content (AvgIpc) is 3.55. The summed E-state index contributed by atoms with van der Waals surface area (Å²) in [5.74, 6) is 3.27. The average molecular weight is 492 g/mol. The van der Waals surface area contributed by atoms with Crippen molar-refractivity contribution in [1.82, 2.24) is 29.3 Å². The van der Waals surface area contributed by atoms with Gasteiger partial charge in [0.05, 0.1) is 50.5 Å². The van der Waals surface area contributed by atoms with Gasteiger partial charge in [0.15, 0.2) is 23.0 Å². The summed E-state index contributed by atoms with van der Waals surface area (Å²) in [5.41, 5.74) is 2.76. The zero-order valence-electron chi connectivity index (χ0n) is 21.5. The highest BCUT2D eigenvalue weighted by Gasteiger charge is 2.23. The van der Waals surface area contributed by atoms with E-state index >= 15 is 0 Å². The van der Waals surface area contributed by atoms with Crippen LogP contribution in [-0.2, 0) is 0 Å². The molecule has 3 heterocycles. The molecule has 0 radical (unpaired) electrons. The van der Waals surface area contributed by atoms with E-state index in [1.807, 2.05) is 33.8 Å². The Bertz CT molecular complexity index is 1330. The Labute approximate surface area is 210 Å². The van der Waals surface area contributed by atoms with Crippen LogP contribution in [0.4, 0.5) is 11.8 Å². The number of nitrogens with zero attached hydrogens (tertiary/aromatic N) is 6. The number of benzene rings is 1. The van der Waals surface area contributed by atoms with Crippen LogP contribution in [0.5, 0.6) is 17.2 Å². The smallest absolute Gasteiger partial charge is 0.230 e. The first-order valence-corrected chi connectivity index (χ1v) is 12.4. The van der Waals surface area contributed by atoms with Gasteiger partial charge in [-0.05, 0) is 26.7 Å². The molecule has 0 bridgehead atoms. The molecule has 0 atom stereocenters. The first-order valence-electron chi connectivity index (χ1n) is 12.4. The SMILES string of the molecule is COc1cc(-n2cnc(Nc3nc(C4CCCCC4)c4cnn(C(C)C)c4n3)c2)cc(OC)c1OC. The summed E-state index contributed by atoms with van der Waals surface area (Å²) in [6, 6.07) is 3.94. The molecule has 190 valence electrons. The second-order valence-electron chi connectivity index (χ2n) is 9.36. The van der Waals surface area contributed by atoms with E-state index in [0.717, 1.165) is 35.3 Å². The Morgan fingerprint density at radius 3 is 2.33 bits per heavy atom. The van der Waals surface area contributed by atoms with Crippen LogP contribution >= 0.6 is 0 Å². The van der Waals surface area contributed by atoms with E-state index in [-0.39, 0.29) is 6.04 Å². The van der Waals surface area contributed by atoms with Gasteiger partial charge in [-0.25, -0.2) is 14.6 Å². The molecule has 10 nitrogen and oxygen atoms in total. The third-order valence-electron chi connectivity index (χ3n) is 6.73. The van der Waals surface area contributed by atoms with Crippen LogP contribution < -0.4 is 19.5 Å². The normalized spacial score (nSPS) is 14.4. The number of imidazole rings is 1. The fraction of sp³-hybridized carbons (Fsp3) is 0.462. The highest BCUT2D eigenvalue weighted by molar-refractivity contribution is 5.79. The molecule has 1 aliphatic carbocycles. The van der Waals surface area contributed by atoms with Crippen LogP contribution in [0.1, 0.15) is 63.6 Å². The first-order chi connectivity index (χ1) is 17.5. The third kappa shape index (κ3) is 4.43.